The van der Waals surface area contributed by atoms with Gasteiger partial charge in [-0.15, -0.1) is 0 Å². The van der Waals surface area contributed by atoms with Gasteiger partial charge < -0.3 is 10.5 Å². The normalized spacial score (nSPS) is 13.6. The van der Waals surface area contributed by atoms with Gasteiger partial charge in [0.25, 0.3) is 0 Å². The van der Waals surface area contributed by atoms with Gasteiger partial charge in [0.1, 0.15) is 5.75 Å². The molecule has 1 atom stereocenters. The molecule has 19 heavy (non-hydrogen) atoms. The summed E-state index contributed by atoms with van der Waals surface area (Å²) in [4.78, 5) is 0.209. The van der Waals surface area contributed by atoms with Crippen molar-refractivity contribution in [1.82, 2.24) is 4.72 Å². The zero-order valence-corrected chi connectivity index (χ0v) is 12.6. The highest BCUT2D eigenvalue weighted by Crippen LogP contribution is 2.22. The zero-order chi connectivity index (χ0) is 14.6. The molecule has 0 amide bonds. The van der Waals surface area contributed by atoms with E-state index in [2.05, 4.69) is 4.72 Å². The van der Waals surface area contributed by atoms with Crippen LogP contribution in [0.4, 0.5) is 0 Å². The molecule has 0 radical (unpaired) electrons. The molecule has 5 nitrogen and oxygen atoms in total. The molecular weight excluding hydrogens is 264 g/mol. The van der Waals surface area contributed by atoms with Gasteiger partial charge in [0.15, 0.2) is 0 Å². The van der Waals surface area contributed by atoms with Crippen LogP contribution in [0.2, 0.25) is 0 Å². The average Bonchev–Trinajstić information content (AvgIpc) is 2.37. The summed E-state index contributed by atoms with van der Waals surface area (Å²) in [6.45, 7) is 6.00. The predicted molar refractivity (Wildman–Crippen MR) is 75.5 cm³/mol. The standard InChI is InChI=1S/C13H22N2O3S/c1-9(2)10(3)15-19(16,17)12-5-6-13(18-4)11(7-12)8-14/h5-7,9-10,15H,8,14H2,1-4H3. The third kappa shape index (κ3) is 3.92. The van der Waals surface area contributed by atoms with Crippen LogP contribution < -0.4 is 15.2 Å². The maximum atomic E-state index is 12.2. The zero-order valence-electron chi connectivity index (χ0n) is 11.8. The van der Waals surface area contributed by atoms with E-state index in [0.29, 0.717) is 11.3 Å². The molecule has 0 aromatic heterocycles. The van der Waals surface area contributed by atoms with Gasteiger partial charge in [-0.2, -0.15) is 0 Å². The highest BCUT2D eigenvalue weighted by atomic mass is 32.2. The second kappa shape index (κ2) is 6.36. The summed E-state index contributed by atoms with van der Waals surface area (Å²) in [5.74, 6) is 0.820. The van der Waals surface area contributed by atoms with E-state index in [0.717, 1.165) is 0 Å². The molecule has 0 spiro atoms. The molecule has 1 aromatic carbocycles. The monoisotopic (exact) mass is 286 g/mol. The van der Waals surface area contributed by atoms with Gasteiger partial charge in [0, 0.05) is 18.2 Å². The van der Waals surface area contributed by atoms with Gasteiger partial charge in [-0.3, -0.25) is 0 Å². The number of nitrogens with two attached hydrogens (primary N) is 1. The van der Waals surface area contributed by atoms with Crippen molar-refractivity contribution < 1.29 is 13.2 Å². The molecule has 108 valence electrons. The lowest BCUT2D eigenvalue weighted by atomic mass is 10.1. The molecule has 1 unspecified atom stereocenters. The molecule has 0 saturated heterocycles. The molecule has 6 heteroatoms. The fourth-order valence-electron chi connectivity index (χ4n) is 1.53. The van der Waals surface area contributed by atoms with Crippen LogP contribution >= 0.6 is 0 Å². The molecule has 1 rings (SSSR count). The fourth-order valence-corrected chi connectivity index (χ4v) is 2.97. The molecule has 0 heterocycles. The Balaban J connectivity index is 3.08. The van der Waals surface area contributed by atoms with E-state index in [1.54, 1.807) is 12.1 Å². The van der Waals surface area contributed by atoms with Gasteiger partial charge in [-0.05, 0) is 31.0 Å². The van der Waals surface area contributed by atoms with Gasteiger partial charge >= 0.3 is 0 Å². The van der Waals surface area contributed by atoms with Gasteiger partial charge in [0.2, 0.25) is 10.0 Å². The van der Waals surface area contributed by atoms with Crippen molar-refractivity contribution in [3.63, 3.8) is 0 Å². The number of rotatable bonds is 6. The highest BCUT2D eigenvalue weighted by molar-refractivity contribution is 7.89. The van der Waals surface area contributed by atoms with Crippen LogP contribution in [0.5, 0.6) is 5.75 Å². The Morgan fingerprint density at radius 3 is 2.42 bits per heavy atom. The molecule has 0 aliphatic carbocycles. The highest BCUT2D eigenvalue weighted by Gasteiger charge is 2.20. The van der Waals surface area contributed by atoms with E-state index in [4.69, 9.17) is 10.5 Å². The first-order valence-corrected chi connectivity index (χ1v) is 7.69. The summed E-state index contributed by atoms with van der Waals surface area (Å²) in [6.07, 6.45) is 0. The minimum Gasteiger partial charge on any atom is -0.496 e. The van der Waals surface area contributed by atoms with Crippen molar-refractivity contribution in [3.05, 3.63) is 23.8 Å². The first-order valence-electron chi connectivity index (χ1n) is 6.21. The Kier molecular flexibility index (Phi) is 5.34. The number of hydrogen-bond donors (Lipinski definition) is 2. The fraction of sp³-hybridized carbons (Fsp3) is 0.538. The summed E-state index contributed by atoms with van der Waals surface area (Å²) < 4.78 is 32.2. The number of methoxy groups -OCH3 is 1. The topological polar surface area (TPSA) is 81.4 Å². The molecular formula is C13H22N2O3S. The van der Waals surface area contributed by atoms with Gasteiger partial charge in [0.05, 0.1) is 12.0 Å². The molecule has 0 bridgehead atoms. The quantitative estimate of drug-likeness (QED) is 0.830. The summed E-state index contributed by atoms with van der Waals surface area (Å²) in [5.41, 5.74) is 6.26. The Bertz CT molecular complexity index is 527. The van der Waals surface area contributed by atoms with E-state index in [-0.39, 0.29) is 23.4 Å². The molecule has 3 N–H and O–H groups in total. The van der Waals surface area contributed by atoms with Crippen molar-refractivity contribution in [1.29, 1.82) is 0 Å². The van der Waals surface area contributed by atoms with Crippen LogP contribution in [0.25, 0.3) is 0 Å². The van der Waals surface area contributed by atoms with E-state index in [1.807, 2.05) is 20.8 Å². The van der Waals surface area contributed by atoms with Crippen LogP contribution in [0.1, 0.15) is 26.3 Å². The maximum absolute atomic E-state index is 12.2. The summed E-state index contributed by atoms with van der Waals surface area (Å²) in [5, 5.41) is 0. The number of benzene rings is 1. The Morgan fingerprint density at radius 1 is 1.32 bits per heavy atom. The Labute approximate surface area is 115 Å². The van der Waals surface area contributed by atoms with Gasteiger partial charge in [-0.25, -0.2) is 13.1 Å². The predicted octanol–water partition coefficient (Wildman–Crippen LogP) is 1.48. The SMILES string of the molecule is COc1ccc(S(=O)(=O)NC(C)C(C)C)cc1CN. The van der Waals surface area contributed by atoms with Crippen LogP contribution in [0.15, 0.2) is 23.1 Å². The van der Waals surface area contributed by atoms with Crippen LogP contribution in [0.3, 0.4) is 0 Å². The maximum Gasteiger partial charge on any atom is 0.240 e. The van der Waals surface area contributed by atoms with Crippen molar-refractivity contribution >= 4 is 10.0 Å². The Morgan fingerprint density at radius 2 is 1.95 bits per heavy atom. The second-order valence-corrected chi connectivity index (χ2v) is 6.55. The lowest BCUT2D eigenvalue weighted by Crippen LogP contribution is -2.36. The van der Waals surface area contributed by atoms with Crippen molar-refractivity contribution in [2.45, 2.75) is 38.3 Å². The van der Waals surface area contributed by atoms with Crippen molar-refractivity contribution in [3.8, 4) is 5.75 Å². The average molecular weight is 286 g/mol. The van der Waals surface area contributed by atoms with E-state index >= 15 is 0 Å². The lowest BCUT2D eigenvalue weighted by Gasteiger charge is -2.18. The van der Waals surface area contributed by atoms with E-state index in [1.165, 1.54) is 13.2 Å². The molecule has 1 aromatic rings. The molecule has 0 aliphatic heterocycles. The smallest absolute Gasteiger partial charge is 0.240 e. The summed E-state index contributed by atoms with van der Waals surface area (Å²) >= 11 is 0. The van der Waals surface area contributed by atoms with Crippen molar-refractivity contribution in [2.24, 2.45) is 11.7 Å². The van der Waals surface area contributed by atoms with Crippen LogP contribution in [-0.4, -0.2) is 21.6 Å². The molecule has 0 aliphatic rings. The Hall–Kier alpha value is -1.11. The third-order valence-corrected chi connectivity index (χ3v) is 4.68. The number of sulfonamides is 1. The largest absolute Gasteiger partial charge is 0.496 e. The first-order chi connectivity index (χ1) is 8.81. The summed E-state index contributed by atoms with van der Waals surface area (Å²) in [6, 6.07) is 4.56. The van der Waals surface area contributed by atoms with Crippen LogP contribution in [0, 0.1) is 5.92 Å². The third-order valence-electron chi connectivity index (χ3n) is 3.12. The van der Waals surface area contributed by atoms with E-state index < -0.39 is 10.0 Å². The van der Waals surface area contributed by atoms with Crippen LogP contribution in [-0.2, 0) is 16.6 Å². The summed E-state index contributed by atoms with van der Waals surface area (Å²) in [7, 11) is -1.99. The molecule has 0 fully saturated rings. The van der Waals surface area contributed by atoms with E-state index in [9.17, 15) is 8.42 Å². The van der Waals surface area contributed by atoms with Crippen molar-refractivity contribution in [2.75, 3.05) is 7.11 Å². The first kappa shape index (κ1) is 15.9. The lowest BCUT2D eigenvalue weighted by molar-refractivity contribution is 0.409. The second-order valence-electron chi connectivity index (χ2n) is 4.83. The van der Waals surface area contributed by atoms with Gasteiger partial charge in [-0.1, -0.05) is 13.8 Å². The number of ether oxygens (including phenoxy) is 1. The molecule has 0 saturated carbocycles. The minimum absolute atomic E-state index is 0.131. The minimum atomic E-state index is -3.52. The number of hydrogen-bond acceptors (Lipinski definition) is 4. The number of nitrogens with one attached hydrogen (secondary N) is 1.